The van der Waals surface area contributed by atoms with Crippen LogP contribution in [0.5, 0.6) is 0 Å². The zero-order chi connectivity index (χ0) is 16.4. The lowest BCUT2D eigenvalue weighted by Crippen LogP contribution is -2.24. The molecule has 4 aromatic rings. The van der Waals surface area contributed by atoms with E-state index in [9.17, 15) is 4.79 Å². The number of rotatable bonds is 5. The summed E-state index contributed by atoms with van der Waals surface area (Å²) < 4.78 is 5.58. The molecule has 4 rings (SSSR count). The van der Waals surface area contributed by atoms with E-state index < -0.39 is 0 Å². The molecule has 1 amide bonds. The highest BCUT2D eigenvalue weighted by molar-refractivity contribution is 7.16. The quantitative estimate of drug-likeness (QED) is 0.536. The van der Waals surface area contributed by atoms with Crippen LogP contribution in [-0.2, 0) is 6.42 Å². The maximum atomic E-state index is 12.2. The van der Waals surface area contributed by atoms with Crippen molar-refractivity contribution in [3.63, 3.8) is 0 Å². The summed E-state index contributed by atoms with van der Waals surface area (Å²) in [5, 5.41) is 8.11. The predicted molar refractivity (Wildman–Crippen MR) is 99.9 cm³/mol. The normalized spacial score (nSPS) is 11.0. The van der Waals surface area contributed by atoms with Gasteiger partial charge in [0.2, 0.25) is 0 Å². The van der Waals surface area contributed by atoms with Gasteiger partial charge in [0.25, 0.3) is 5.91 Å². The average molecular weight is 353 g/mol. The van der Waals surface area contributed by atoms with Gasteiger partial charge in [0.1, 0.15) is 5.58 Å². The number of carbonyl (C=O) groups excluding carboxylic acids is 1. The SMILES string of the molecule is O=C(NCCc1ccc(-c2ccsc2)s1)c1cc2ccccc2o1. The van der Waals surface area contributed by atoms with Crippen molar-refractivity contribution in [3.05, 3.63) is 69.9 Å². The Morgan fingerprint density at radius 1 is 1.12 bits per heavy atom. The molecule has 1 aromatic carbocycles. The van der Waals surface area contributed by atoms with Gasteiger partial charge in [0.15, 0.2) is 5.76 Å². The molecule has 24 heavy (non-hydrogen) atoms. The summed E-state index contributed by atoms with van der Waals surface area (Å²) in [5.41, 5.74) is 2.00. The highest BCUT2D eigenvalue weighted by Gasteiger charge is 2.11. The van der Waals surface area contributed by atoms with E-state index in [-0.39, 0.29) is 5.91 Å². The van der Waals surface area contributed by atoms with E-state index in [1.165, 1.54) is 15.3 Å². The molecule has 5 heteroatoms. The molecular weight excluding hydrogens is 338 g/mol. The van der Waals surface area contributed by atoms with Crippen LogP contribution in [0.4, 0.5) is 0 Å². The maximum Gasteiger partial charge on any atom is 0.287 e. The predicted octanol–water partition coefficient (Wildman–Crippen LogP) is 5.20. The van der Waals surface area contributed by atoms with E-state index >= 15 is 0 Å². The first-order chi connectivity index (χ1) is 11.8. The second kappa shape index (κ2) is 6.63. The molecule has 0 spiro atoms. The summed E-state index contributed by atoms with van der Waals surface area (Å²) >= 11 is 3.48. The summed E-state index contributed by atoms with van der Waals surface area (Å²) in [4.78, 5) is 14.7. The lowest BCUT2D eigenvalue weighted by Gasteiger charge is -2.01. The second-order valence-corrected chi connectivity index (χ2v) is 7.38. The van der Waals surface area contributed by atoms with Crippen molar-refractivity contribution in [3.8, 4) is 10.4 Å². The molecule has 0 fully saturated rings. The number of thiophene rings is 2. The van der Waals surface area contributed by atoms with Crippen molar-refractivity contribution in [2.45, 2.75) is 6.42 Å². The zero-order valence-electron chi connectivity index (χ0n) is 12.8. The van der Waals surface area contributed by atoms with Crippen LogP contribution in [0, 0.1) is 0 Å². The van der Waals surface area contributed by atoms with Gasteiger partial charge in [0.05, 0.1) is 0 Å². The fourth-order valence-corrected chi connectivity index (χ4v) is 4.29. The number of furan rings is 1. The molecule has 0 aliphatic carbocycles. The number of nitrogens with one attached hydrogen (secondary N) is 1. The third-order valence-electron chi connectivity index (χ3n) is 3.77. The minimum atomic E-state index is -0.166. The Morgan fingerprint density at radius 3 is 2.88 bits per heavy atom. The van der Waals surface area contributed by atoms with Gasteiger partial charge in [0, 0.05) is 27.2 Å². The zero-order valence-corrected chi connectivity index (χ0v) is 14.5. The third kappa shape index (κ3) is 3.13. The topological polar surface area (TPSA) is 42.2 Å². The van der Waals surface area contributed by atoms with Gasteiger partial charge in [-0.25, -0.2) is 0 Å². The van der Waals surface area contributed by atoms with Crippen molar-refractivity contribution in [1.82, 2.24) is 5.32 Å². The largest absolute Gasteiger partial charge is 0.451 e. The minimum absolute atomic E-state index is 0.166. The van der Waals surface area contributed by atoms with Crippen molar-refractivity contribution in [2.24, 2.45) is 0 Å². The number of fused-ring (bicyclic) bond motifs is 1. The second-order valence-electron chi connectivity index (χ2n) is 5.43. The van der Waals surface area contributed by atoms with Gasteiger partial charge in [-0.05, 0) is 47.5 Å². The van der Waals surface area contributed by atoms with Gasteiger partial charge in [-0.3, -0.25) is 4.79 Å². The standard InChI is InChI=1S/C19H15NO2S2/c21-19(17-11-13-3-1-2-4-16(13)22-17)20-9-7-15-5-6-18(24-15)14-8-10-23-12-14/h1-6,8,10-12H,7,9H2,(H,20,21). The van der Waals surface area contributed by atoms with Crippen LogP contribution in [-0.4, -0.2) is 12.5 Å². The van der Waals surface area contributed by atoms with Crippen molar-refractivity contribution in [1.29, 1.82) is 0 Å². The minimum Gasteiger partial charge on any atom is -0.451 e. The molecule has 3 nitrogen and oxygen atoms in total. The molecule has 3 aromatic heterocycles. The van der Waals surface area contributed by atoms with Gasteiger partial charge in [-0.2, -0.15) is 11.3 Å². The van der Waals surface area contributed by atoms with Gasteiger partial charge in [-0.15, -0.1) is 11.3 Å². The average Bonchev–Trinajstić information content (AvgIpc) is 3.33. The van der Waals surface area contributed by atoms with Gasteiger partial charge < -0.3 is 9.73 Å². The molecule has 3 heterocycles. The molecule has 0 aliphatic heterocycles. The molecule has 0 saturated carbocycles. The number of para-hydroxylation sites is 1. The van der Waals surface area contributed by atoms with Crippen LogP contribution < -0.4 is 5.32 Å². The van der Waals surface area contributed by atoms with E-state index in [4.69, 9.17) is 4.42 Å². The van der Waals surface area contributed by atoms with E-state index in [0.29, 0.717) is 12.3 Å². The lowest BCUT2D eigenvalue weighted by atomic mass is 10.2. The van der Waals surface area contributed by atoms with Gasteiger partial charge in [-0.1, -0.05) is 18.2 Å². The smallest absolute Gasteiger partial charge is 0.287 e. The van der Waals surface area contributed by atoms with Crippen LogP contribution in [0.3, 0.4) is 0 Å². The Hall–Kier alpha value is -2.37. The summed E-state index contributed by atoms with van der Waals surface area (Å²) in [6.45, 7) is 0.597. The number of benzene rings is 1. The Bertz CT molecular complexity index is 933. The highest BCUT2D eigenvalue weighted by Crippen LogP contribution is 2.29. The van der Waals surface area contributed by atoms with E-state index in [1.807, 2.05) is 24.3 Å². The molecule has 0 radical (unpaired) electrons. The Morgan fingerprint density at radius 2 is 2.04 bits per heavy atom. The summed E-state index contributed by atoms with van der Waals surface area (Å²) in [5.74, 6) is 0.196. The van der Waals surface area contributed by atoms with Crippen molar-refractivity contribution < 1.29 is 9.21 Å². The fourth-order valence-electron chi connectivity index (χ4n) is 2.55. The molecule has 0 saturated heterocycles. The van der Waals surface area contributed by atoms with E-state index in [2.05, 4.69) is 34.3 Å². The molecule has 120 valence electrons. The summed E-state index contributed by atoms with van der Waals surface area (Å²) in [7, 11) is 0. The van der Waals surface area contributed by atoms with Crippen LogP contribution in [0.25, 0.3) is 21.4 Å². The Kier molecular flexibility index (Phi) is 4.19. The molecular formula is C19H15NO2S2. The summed E-state index contributed by atoms with van der Waals surface area (Å²) in [6, 6.07) is 15.8. The number of hydrogen-bond donors (Lipinski definition) is 1. The Labute approximate surface area is 147 Å². The highest BCUT2D eigenvalue weighted by atomic mass is 32.1. The van der Waals surface area contributed by atoms with E-state index in [1.54, 1.807) is 28.7 Å². The Balaban J connectivity index is 1.36. The third-order valence-corrected chi connectivity index (χ3v) is 5.65. The molecule has 0 unspecified atom stereocenters. The first kappa shape index (κ1) is 15.2. The van der Waals surface area contributed by atoms with Crippen molar-refractivity contribution >= 4 is 39.5 Å². The lowest BCUT2D eigenvalue weighted by molar-refractivity contribution is 0.0928. The maximum absolute atomic E-state index is 12.2. The van der Waals surface area contributed by atoms with Crippen LogP contribution in [0.15, 0.2) is 63.7 Å². The molecule has 0 bridgehead atoms. The van der Waals surface area contributed by atoms with Crippen LogP contribution in [0.1, 0.15) is 15.4 Å². The van der Waals surface area contributed by atoms with Crippen molar-refractivity contribution in [2.75, 3.05) is 6.54 Å². The van der Waals surface area contributed by atoms with Gasteiger partial charge >= 0.3 is 0 Å². The monoisotopic (exact) mass is 353 g/mol. The van der Waals surface area contributed by atoms with Crippen LogP contribution in [0.2, 0.25) is 0 Å². The number of amides is 1. The molecule has 0 aliphatic rings. The summed E-state index contributed by atoms with van der Waals surface area (Å²) in [6.07, 6.45) is 0.820. The van der Waals surface area contributed by atoms with Crippen LogP contribution >= 0.6 is 22.7 Å². The first-order valence-electron chi connectivity index (χ1n) is 7.68. The number of carbonyl (C=O) groups is 1. The van der Waals surface area contributed by atoms with E-state index in [0.717, 1.165) is 17.4 Å². The molecule has 0 atom stereocenters. The first-order valence-corrected chi connectivity index (χ1v) is 9.43. The fraction of sp³-hybridized carbons (Fsp3) is 0.105. The molecule has 1 N–H and O–H groups in total. The number of hydrogen-bond acceptors (Lipinski definition) is 4.